The van der Waals surface area contributed by atoms with Crippen LogP contribution in [0.2, 0.25) is 0 Å². The summed E-state index contributed by atoms with van der Waals surface area (Å²) < 4.78 is 10.7. The lowest BCUT2D eigenvalue weighted by atomic mass is 9.86. The number of benzene rings is 5. The first-order chi connectivity index (χ1) is 25.6. The van der Waals surface area contributed by atoms with E-state index in [1.807, 2.05) is 36.4 Å². The number of ether oxygens (including phenoxy) is 2. The Bertz CT molecular complexity index is 1680. The predicted octanol–water partition coefficient (Wildman–Crippen LogP) is 13.3. The van der Waals surface area contributed by atoms with Crippen molar-refractivity contribution in [2.75, 3.05) is 13.2 Å². The molecule has 0 radical (unpaired) electrons. The lowest BCUT2D eigenvalue weighted by molar-refractivity contribution is 0.0450. The van der Waals surface area contributed by atoms with Gasteiger partial charge in [0.05, 0.1) is 24.3 Å². The molecular weight excluding hydrogens is 641 g/mol. The van der Waals surface area contributed by atoms with Crippen LogP contribution in [0.5, 0.6) is 0 Å². The topological polar surface area (TPSA) is 52.6 Å². The van der Waals surface area contributed by atoms with Crippen molar-refractivity contribution in [3.63, 3.8) is 0 Å². The van der Waals surface area contributed by atoms with Gasteiger partial charge in [0.1, 0.15) is 0 Å². The summed E-state index contributed by atoms with van der Waals surface area (Å²) in [6.45, 7) is 5.17. The largest absolute Gasteiger partial charge is 0.462 e. The summed E-state index contributed by atoms with van der Waals surface area (Å²) >= 11 is 0. The highest BCUT2D eigenvalue weighted by atomic mass is 16.5. The Labute approximate surface area is 312 Å². The second-order valence-corrected chi connectivity index (χ2v) is 13.8. The van der Waals surface area contributed by atoms with Crippen LogP contribution in [-0.4, -0.2) is 25.2 Å². The Kier molecular flexibility index (Phi) is 18.6. The first-order valence-electron chi connectivity index (χ1n) is 20.0. The molecule has 0 aromatic heterocycles. The van der Waals surface area contributed by atoms with Crippen LogP contribution in [0.15, 0.2) is 109 Å². The van der Waals surface area contributed by atoms with Crippen LogP contribution in [0.3, 0.4) is 0 Å². The van der Waals surface area contributed by atoms with Crippen molar-refractivity contribution < 1.29 is 19.1 Å². The maximum atomic E-state index is 12.4. The summed E-state index contributed by atoms with van der Waals surface area (Å²) in [7, 11) is 0. The average molecular weight is 701 g/mol. The van der Waals surface area contributed by atoms with E-state index >= 15 is 0 Å². The molecule has 276 valence electrons. The number of hydrogen-bond acceptors (Lipinski definition) is 4. The van der Waals surface area contributed by atoms with Crippen LogP contribution >= 0.6 is 0 Å². The van der Waals surface area contributed by atoms with Crippen molar-refractivity contribution in [2.24, 2.45) is 0 Å². The van der Waals surface area contributed by atoms with E-state index < -0.39 is 11.9 Å². The molecule has 1 aliphatic carbocycles. The van der Waals surface area contributed by atoms with E-state index in [0.717, 1.165) is 25.7 Å². The number of aryl methyl sites for hydroxylation is 2. The molecule has 5 aromatic rings. The molecule has 0 heterocycles. The molecule has 0 spiro atoms. The van der Waals surface area contributed by atoms with E-state index in [1.165, 1.54) is 98.6 Å². The predicted molar refractivity (Wildman–Crippen MR) is 218 cm³/mol. The molecule has 0 amide bonds. The molecule has 0 bridgehead atoms. The summed E-state index contributed by atoms with van der Waals surface area (Å²) in [6.07, 6.45) is 18.8. The van der Waals surface area contributed by atoms with Crippen molar-refractivity contribution in [1.82, 2.24) is 0 Å². The SMILES string of the molecule is CCCCCCCCOC(=O)c1ccccc1C(=O)OCCCCCCCC.c1ccc2c(c1)ccc1c3c(ccc12)CCCC3.c1ccccc1. The van der Waals surface area contributed by atoms with E-state index in [9.17, 15) is 9.59 Å². The zero-order valence-electron chi connectivity index (χ0n) is 31.8. The summed E-state index contributed by atoms with van der Waals surface area (Å²) in [5, 5.41) is 5.64. The third-order valence-corrected chi connectivity index (χ3v) is 9.75. The van der Waals surface area contributed by atoms with Crippen molar-refractivity contribution >= 4 is 33.5 Å². The summed E-state index contributed by atoms with van der Waals surface area (Å²) in [5.41, 5.74) is 3.76. The molecule has 4 heteroatoms. The molecule has 0 aliphatic heterocycles. The number of fused-ring (bicyclic) bond motifs is 5. The molecule has 5 aromatic carbocycles. The summed E-state index contributed by atoms with van der Waals surface area (Å²) in [5.74, 6) is -0.888. The molecule has 0 fully saturated rings. The number of hydrogen-bond donors (Lipinski definition) is 0. The minimum Gasteiger partial charge on any atom is -0.462 e. The lowest BCUT2D eigenvalue weighted by Gasteiger charge is -2.18. The zero-order chi connectivity index (χ0) is 36.6. The Morgan fingerprint density at radius 1 is 0.462 bits per heavy atom. The average Bonchev–Trinajstić information content (AvgIpc) is 3.21. The fourth-order valence-electron chi connectivity index (χ4n) is 6.82. The number of carbonyl (C=O) groups is 2. The van der Waals surface area contributed by atoms with E-state index in [2.05, 4.69) is 62.4 Å². The van der Waals surface area contributed by atoms with Crippen molar-refractivity contribution in [3.8, 4) is 0 Å². The third kappa shape index (κ3) is 13.3. The smallest absolute Gasteiger partial charge is 0.339 e. The maximum absolute atomic E-state index is 12.4. The number of rotatable bonds is 16. The van der Waals surface area contributed by atoms with Crippen LogP contribution < -0.4 is 0 Å². The molecule has 1 aliphatic rings. The molecule has 6 rings (SSSR count). The molecule has 4 nitrogen and oxygen atoms in total. The summed E-state index contributed by atoms with van der Waals surface area (Å²) in [4.78, 5) is 24.7. The highest BCUT2D eigenvalue weighted by Gasteiger charge is 2.19. The fourth-order valence-corrected chi connectivity index (χ4v) is 6.82. The Morgan fingerprint density at radius 2 is 0.942 bits per heavy atom. The van der Waals surface area contributed by atoms with Crippen LogP contribution in [-0.2, 0) is 22.3 Å². The van der Waals surface area contributed by atoms with Crippen LogP contribution in [0.25, 0.3) is 21.5 Å². The van der Waals surface area contributed by atoms with Crippen molar-refractivity contribution in [2.45, 2.75) is 117 Å². The van der Waals surface area contributed by atoms with Gasteiger partial charge in [0.2, 0.25) is 0 Å². The van der Waals surface area contributed by atoms with Gasteiger partial charge in [-0.1, -0.05) is 175 Å². The van der Waals surface area contributed by atoms with Gasteiger partial charge in [0.25, 0.3) is 0 Å². The second kappa shape index (κ2) is 23.9. The van der Waals surface area contributed by atoms with E-state index in [4.69, 9.17) is 9.47 Å². The number of esters is 2. The molecule has 0 N–H and O–H groups in total. The van der Waals surface area contributed by atoms with Crippen LogP contribution in [0.4, 0.5) is 0 Å². The van der Waals surface area contributed by atoms with Crippen molar-refractivity contribution in [3.05, 3.63) is 131 Å². The van der Waals surface area contributed by atoms with Gasteiger partial charge < -0.3 is 9.47 Å². The van der Waals surface area contributed by atoms with Gasteiger partial charge in [-0.05, 0) is 83.3 Å². The van der Waals surface area contributed by atoms with E-state index in [1.54, 1.807) is 35.4 Å². The third-order valence-electron chi connectivity index (χ3n) is 9.75. The molecule has 0 atom stereocenters. The monoisotopic (exact) mass is 700 g/mol. The number of unbranched alkanes of at least 4 members (excludes halogenated alkanes) is 10. The van der Waals surface area contributed by atoms with Crippen molar-refractivity contribution in [1.29, 1.82) is 0 Å². The maximum Gasteiger partial charge on any atom is 0.339 e. The highest BCUT2D eigenvalue weighted by molar-refractivity contribution is 6.08. The fraction of sp³-hybridized carbons (Fsp3) is 0.417. The van der Waals surface area contributed by atoms with Gasteiger partial charge in [0.15, 0.2) is 0 Å². The first kappa shape index (κ1) is 40.3. The van der Waals surface area contributed by atoms with Gasteiger partial charge in [-0.3, -0.25) is 0 Å². The second-order valence-electron chi connectivity index (χ2n) is 13.8. The minimum absolute atomic E-state index is 0.293. The van der Waals surface area contributed by atoms with E-state index in [-0.39, 0.29) is 0 Å². The molecule has 0 saturated heterocycles. The highest BCUT2D eigenvalue weighted by Crippen LogP contribution is 2.33. The summed E-state index contributed by atoms with van der Waals surface area (Å²) in [6, 6.07) is 36.7. The molecule has 52 heavy (non-hydrogen) atoms. The normalized spacial score (nSPS) is 11.8. The van der Waals surface area contributed by atoms with E-state index in [0.29, 0.717) is 24.3 Å². The van der Waals surface area contributed by atoms with Gasteiger partial charge >= 0.3 is 11.9 Å². The van der Waals surface area contributed by atoms with Crippen LogP contribution in [0, 0.1) is 0 Å². The van der Waals surface area contributed by atoms with Crippen LogP contribution in [0.1, 0.15) is 136 Å². The quantitative estimate of drug-likeness (QED) is 0.0584. The molecule has 0 unspecified atom stereocenters. The number of carbonyl (C=O) groups excluding carboxylic acids is 2. The van der Waals surface area contributed by atoms with Gasteiger partial charge in [-0.15, -0.1) is 0 Å². The Balaban J connectivity index is 0.000000211. The first-order valence-corrected chi connectivity index (χ1v) is 20.0. The van der Waals surface area contributed by atoms with Gasteiger partial charge in [-0.2, -0.15) is 0 Å². The Morgan fingerprint density at radius 3 is 1.52 bits per heavy atom. The molecule has 0 saturated carbocycles. The molecular formula is C48H60O4. The lowest BCUT2D eigenvalue weighted by Crippen LogP contribution is -2.15. The van der Waals surface area contributed by atoms with Gasteiger partial charge in [-0.25, -0.2) is 9.59 Å². The minimum atomic E-state index is -0.444. The zero-order valence-corrected chi connectivity index (χ0v) is 31.8. The van der Waals surface area contributed by atoms with Gasteiger partial charge in [0, 0.05) is 0 Å². The Hall–Kier alpha value is -4.44. The standard InChI is InChI=1S/C24H38O4.C18H16.C6H6/c1-3-5-7-9-11-15-19-27-23(25)21-17-13-14-18-22(21)24(26)28-20-16-12-10-8-6-4-2;1-3-7-15-13(5-1)9-11-18-16-8-4-2-6-14(16)10-12-17(15)18;1-2-4-6-5-3-1/h13-14,17-18H,3-12,15-16,19-20H2,1-2H3;1,3,5,7,9-12H,2,4,6,8H2;1-6H.